The van der Waals surface area contributed by atoms with E-state index < -0.39 is 10.0 Å². The first-order valence-corrected chi connectivity index (χ1v) is 9.07. The minimum absolute atomic E-state index is 0.121. The molecule has 11 heteroatoms. The minimum atomic E-state index is -3.92. The van der Waals surface area contributed by atoms with Crippen molar-refractivity contribution in [2.45, 2.75) is 11.3 Å². The topological polar surface area (TPSA) is 101 Å². The molecule has 0 saturated carbocycles. The van der Waals surface area contributed by atoms with Crippen LogP contribution >= 0.6 is 22.9 Å². The van der Waals surface area contributed by atoms with E-state index in [1.807, 2.05) is 0 Å². The zero-order chi connectivity index (χ0) is 16.6. The number of fused-ring (bicyclic) bond motifs is 1. The third-order valence-corrected chi connectivity index (χ3v) is 6.17. The molecule has 0 fully saturated rings. The van der Waals surface area contributed by atoms with Crippen molar-refractivity contribution in [3.63, 3.8) is 0 Å². The van der Waals surface area contributed by atoms with Gasteiger partial charge in [-0.3, -0.25) is 9.10 Å². The summed E-state index contributed by atoms with van der Waals surface area (Å²) in [5, 5.41) is 10.2. The van der Waals surface area contributed by atoms with E-state index in [-0.39, 0.29) is 28.5 Å². The highest BCUT2D eigenvalue weighted by atomic mass is 35.5. The van der Waals surface area contributed by atoms with Crippen LogP contribution in [0.5, 0.6) is 5.75 Å². The Hall–Kier alpha value is -1.91. The Bertz CT molecular complexity index is 868. The lowest BCUT2D eigenvalue weighted by Crippen LogP contribution is -2.37. The lowest BCUT2D eigenvalue weighted by atomic mass is 10.2. The van der Waals surface area contributed by atoms with Crippen molar-refractivity contribution >= 4 is 49.7 Å². The Balaban J connectivity index is 1.99. The molecule has 1 amide bonds. The van der Waals surface area contributed by atoms with Gasteiger partial charge in [0.25, 0.3) is 14.4 Å². The van der Waals surface area contributed by atoms with Gasteiger partial charge in [0.15, 0.2) is 0 Å². The van der Waals surface area contributed by atoms with Gasteiger partial charge in [-0.25, -0.2) is 0 Å². The van der Waals surface area contributed by atoms with Crippen molar-refractivity contribution in [1.82, 2.24) is 10.2 Å². The Kier molecular flexibility index (Phi) is 4.13. The molecular weight excluding hydrogens is 364 g/mol. The number of carbonyl (C=O) groups excluding carboxylic acids is 1. The van der Waals surface area contributed by atoms with Crippen LogP contribution in [0.15, 0.2) is 22.5 Å². The van der Waals surface area contributed by atoms with Gasteiger partial charge >= 0.3 is 0 Å². The molecule has 2 heterocycles. The summed E-state index contributed by atoms with van der Waals surface area (Å²) in [5.74, 6) is 0.0735. The van der Waals surface area contributed by atoms with E-state index in [1.54, 1.807) is 12.1 Å². The number of nitrogens with one attached hydrogen (secondary N) is 1. The Morgan fingerprint density at radius 2 is 2.22 bits per heavy atom. The maximum absolute atomic E-state index is 12.8. The summed E-state index contributed by atoms with van der Waals surface area (Å²) in [4.78, 5) is 11.0. The molecular formula is C12H11ClN4O4S2. The third kappa shape index (κ3) is 3.09. The third-order valence-electron chi connectivity index (χ3n) is 2.94. The monoisotopic (exact) mass is 374 g/mol. The predicted molar refractivity (Wildman–Crippen MR) is 85.7 cm³/mol. The average molecular weight is 375 g/mol. The van der Waals surface area contributed by atoms with Crippen LogP contribution in [0, 0.1) is 0 Å². The van der Waals surface area contributed by atoms with Crippen molar-refractivity contribution in [2.24, 2.45) is 0 Å². The number of anilines is 2. The van der Waals surface area contributed by atoms with E-state index in [0.29, 0.717) is 16.5 Å². The van der Waals surface area contributed by atoms with E-state index >= 15 is 0 Å². The average Bonchev–Trinajstić information content (AvgIpc) is 2.95. The van der Waals surface area contributed by atoms with Crippen LogP contribution in [-0.2, 0) is 14.8 Å². The molecule has 1 aromatic heterocycles. The molecule has 0 aliphatic carbocycles. The smallest absolute Gasteiger partial charge is 0.293 e. The SMILES string of the molecule is CC(=O)Nc1nnc(S(=O)(=O)N2CCOc3ccc(Cl)cc32)s1. The van der Waals surface area contributed by atoms with Crippen LogP contribution in [0.2, 0.25) is 5.02 Å². The molecule has 0 atom stereocenters. The Labute approximate surface area is 141 Å². The quantitative estimate of drug-likeness (QED) is 0.821. The summed E-state index contributed by atoms with van der Waals surface area (Å²) in [7, 11) is -3.92. The highest BCUT2D eigenvalue weighted by Crippen LogP contribution is 2.37. The van der Waals surface area contributed by atoms with Gasteiger partial charge in [0.1, 0.15) is 12.4 Å². The van der Waals surface area contributed by atoms with Gasteiger partial charge in [0.2, 0.25) is 11.0 Å². The zero-order valence-corrected chi connectivity index (χ0v) is 14.2. The fraction of sp³-hybridized carbons (Fsp3) is 0.250. The molecule has 0 bridgehead atoms. The number of aromatic nitrogens is 2. The van der Waals surface area contributed by atoms with Crippen LogP contribution in [0.1, 0.15) is 6.92 Å². The summed E-state index contributed by atoms with van der Waals surface area (Å²) in [6, 6.07) is 4.75. The number of nitrogens with zero attached hydrogens (tertiary/aromatic N) is 3. The number of benzene rings is 1. The van der Waals surface area contributed by atoms with Gasteiger partial charge in [0.05, 0.1) is 12.2 Å². The van der Waals surface area contributed by atoms with Crippen molar-refractivity contribution < 1.29 is 17.9 Å². The van der Waals surface area contributed by atoms with Crippen molar-refractivity contribution in [1.29, 1.82) is 0 Å². The predicted octanol–water partition coefficient (Wildman–Crippen LogP) is 1.74. The van der Waals surface area contributed by atoms with E-state index in [4.69, 9.17) is 16.3 Å². The highest BCUT2D eigenvalue weighted by Gasteiger charge is 2.33. The highest BCUT2D eigenvalue weighted by molar-refractivity contribution is 7.94. The van der Waals surface area contributed by atoms with E-state index in [9.17, 15) is 13.2 Å². The zero-order valence-electron chi connectivity index (χ0n) is 11.8. The second-order valence-electron chi connectivity index (χ2n) is 4.59. The van der Waals surface area contributed by atoms with Crippen molar-refractivity contribution in [3.05, 3.63) is 23.2 Å². The van der Waals surface area contributed by atoms with Crippen molar-refractivity contribution in [2.75, 3.05) is 22.8 Å². The van der Waals surface area contributed by atoms with Crippen LogP contribution in [0.25, 0.3) is 0 Å². The number of halogens is 1. The number of hydrogen-bond donors (Lipinski definition) is 1. The molecule has 122 valence electrons. The first-order chi connectivity index (χ1) is 10.9. The van der Waals surface area contributed by atoms with E-state index in [1.165, 1.54) is 17.3 Å². The summed E-state index contributed by atoms with van der Waals surface area (Å²) in [6.07, 6.45) is 0. The molecule has 8 nitrogen and oxygen atoms in total. The van der Waals surface area contributed by atoms with Gasteiger partial charge in [-0.1, -0.05) is 22.9 Å². The largest absolute Gasteiger partial charge is 0.489 e. The number of sulfonamides is 1. The number of hydrogen-bond acceptors (Lipinski definition) is 7. The molecule has 0 radical (unpaired) electrons. The maximum atomic E-state index is 12.8. The van der Waals surface area contributed by atoms with Crippen LogP contribution in [0.3, 0.4) is 0 Å². The number of rotatable bonds is 3. The van der Waals surface area contributed by atoms with Crippen LogP contribution < -0.4 is 14.4 Å². The van der Waals surface area contributed by atoms with Crippen LogP contribution in [0.4, 0.5) is 10.8 Å². The Morgan fingerprint density at radius 3 is 2.96 bits per heavy atom. The number of amides is 1. The molecule has 0 saturated heterocycles. The number of ether oxygens (including phenoxy) is 1. The van der Waals surface area contributed by atoms with E-state index in [0.717, 1.165) is 11.3 Å². The fourth-order valence-corrected chi connectivity index (χ4v) is 4.69. The molecule has 3 rings (SSSR count). The molecule has 2 aromatic rings. The summed E-state index contributed by atoms with van der Waals surface area (Å²) < 4.78 is 32.0. The molecule has 1 N–H and O–H groups in total. The minimum Gasteiger partial charge on any atom is -0.489 e. The standard InChI is InChI=1S/C12H11ClN4O4S2/c1-7(18)14-11-15-16-12(22-11)23(19,20)17-4-5-21-10-3-2-8(13)6-9(10)17/h2-3,6H,4-5H2,1H3,(H,14,15,18). The Morgan fingerprint density at radius 1 is 1.43 bits per heavy atom. The lowest BCUT2D eigenvalue weighted by Gasteiger charge is -2.29. The van der Waals surface area contributed by atoms with Crippen LogP contribution in [-0.4, -0.2) is 37.7 Å². The van der Waals surface area contributed by atoms with Gasteiger partial charge in [0, 0.05) is 11.9 Å². The van der Waals surface area contributed by atoms with Gasteiger partial charge in [-0.15, -0.1) is 10.2 Å². The number of carbonyl (C=O) groups is 1. The molecule has 0 spiro atoms. The molecule has 23 heavy (non-hydrogen) atoms. The van der Waals surface area contributed by atoms with E-state index in [2.05, 4.69) is 15.5 Å². The summed E-state index contributed by atoms with van der Waals surface area (Å²) in [6.45, 7) is 1.64. The van der Waals surface area contributed by atoms with Gasteiger partial charge in [-0.2, -0.15) is 8.42 Å². The second-order valence-corrected chi connectivity index (χ2v) is 8.04. The van der Waals surface area contributed by atoms with Crippen molar-refractivity contribution in [3.8, 4) is 5.75 Å². The maximum Gasteiger partial charge on any atom is 0.293 e. The molecule has 1 aliphatic rings. The molecule has 1 aromatic carbocycles. The van der Waals surface area contributed by atoms with Gasteiger partial charge in [-0.05, 0) is 18.2 Å². The second kappa shape index (κ2) is 5.95. The first kappa shape index (κ1) is 16.0. The first-order valence-electron chi connectivity index (χ1n) is 6.44. The van der Waals surface area contributed by atoms with Gasteiger partial charge < -0.3 is 10.1 Å². The lowest BCUT2D eigenvalue weighted by molar-refractivity contribution is -0.114. The summed E-state index contributed by atoms with van der Waals surface area (Å²) in [5.41, 5.74) is 0.347. The fourth-order valence-electron chi connectivity index (χ4n) is 2.03. The molecule has 1 aliphatic heterocycles. The molecule has 0 unspecified atom stereocenters. The normalized spacial score (nSPS) is 14.1. The summed E-state index contributed by atoms with van der Waals surface area (Å²) >= 11 is 6.73.